The second kappa shape index (κ2) is 35.3. The molecule has 566 valence electrons. The van der Waals surface area contributed by atoms with Crippen LogP contribution >= 0.6 is 0 Å². The van der Waals surface area contributed by atoms with Crippen LogP contribution in [-0.2, 0) is 0 Å². The lowest BCUT2D eigenvalue weighted by Gasteiger charge is -2.12. The van der Waals surface area contributed by atoms with Gasteiger partial charge in [-0.25, -0.2) is 54.8 Å². The number of nitrogens with zero attached hydrogens (tertiary/aromatic N) is 15. The van der Waals surface area contributed by atoms with Crippen molar-refractivity contribution in [2.45, 2.75) is 0 Å². The summed E-state index contributed by atoms with van der Waals surface area (Å²) in [5.74, 6) is 3.50. The van der Waals surface area contributed by atoms with Crippen LogP contribution in [0.4, 0.5) is 0 Å². The van der Waals surface area contributed by atoms with E-state index in [4.69, 9.17) is 75.2 Å². The van der Waals surface area contributed by atoms with Gasteiger partial charge in [-0.2, -0.15) is 0 Å². The molecule has 0 atom stereocenters. The molecule has 0 aliphatic rings. The van der Waals surface area contributed by atoms with Crippen molar-refractivity contribution < 1.29 is 0 Å². The molecular weight excluding hydrogens is 1470 g/mol. The number of benzene rings is 10. The smallest absolute Gasteiger partial charge is 0.164 e. The molecule has 0 fully saturated rings. The van der Waals surface area contributed by atoms with Crippen LogP contribution < -0.4 is 0 Å². The van der Waals surface area contributed by atoms with Gasteiger partial charge in [-0.15, -0.1) is 0 Å². The van der Waals surface area contributed by atoms with Crippen LogP contribution in [0.15, 0.2) is 423 Å². The van der Waals surface area contributed by atoms with Crippen LogP contribution in [0.25, 0.3) is 170 Å². The Morgan fingerprint density at radius 2 is 0.525 bits per heavy atom. The minimum absolute atomic E-state index is 0.105. The van der Waals surface area contributed by atoms with Crippen molar-refractivity contribution in [2.24, 2.45) is 9.98 Å². The van der Waals surface area contributed by atoms with Gasteiger partial charge in [0.2, 0.25) is 0 Å². The van der Waals surface area contributed by atoms with Crippen molar-refractivity contribution in [2.75, 3.05) is 0 Å². The van der Waals surface area contributed by atoms with E-state index in [1.54, 1.807) is 18.6 Å². The average molecular weight is 1540 g/mol. The quantitative estimate of drug-likeness (QED) is 0.0625. The Bertz CT molecular complexity index is 6650. The zero-order valence-electron chi connectivity index (χ0n) is 64.5. The number of pyridine rings is 6. The number of hydrogen-bond acceptors (Lipinski definition) is 14. The zero-order valence-corrected chi connectivity index (χ0v) is 64.5. The van der Waals surface area contributed by atoms with Crippen LogP contribution in [-0.4, -0.2) is 82.7 Å². The van der Waals surface area contributed by atoms with E-state index in [1.165, 1.54) is 0 Å². The summed E-state index contributed by atoms with van der Waals surface area (Å²) in [5, 5.41) is 8.73. The third-order valence-electron chi connectivity index (χ3n) is 19.8. The molecule has 0 saturated carbocycles. The third-order valence-corrected chi connectivity index (χ3v) is 19.8. The Balaban J connectivity index is 0.000000165. The fraction of sp³-hybridized carbons (Fsp3) is 0. The molecule has 0 spiro atoms. The van der Waals surface area contributed by atoms with Crippen LogP contribution in [0, 0.1) is 5.41 Å². The number of aliphatic imine (C=N–C) groups is 2. The number of aromatic nitrogens is 13. The highest BCUT2D eigenvalue weighted by atomic mass is 15.0. The predicted octanol–water partition coefficient (Wildman–Crippen LogP) is 23.4. The Morgan fingerprint density at radius 1 is 0.208 bits per heavy atom. The van der Waals surface area contributed by atoms with Gasteiger partial charge in [-0.3, -0.25) is 25.3 Å². The van der Waals surface area contributed by atoms with E-state index >= 15 is 0 Å². The Morgan fingerprint density at radius 3 is 0.900 bits per heavy atom. The first-order valence-electron chi connectivity index (χ1n) is 39.0. The van der Waals surface area contributed by atoms with Crippen molar-refractivity contribution >= 4 is 17.9 Å². The Hall–Kier alpha value is -16.7. The molecule has 120 heavy (non-hydrogen) atoms. The Labute approximate surface area is 693 Å². The zero-order chi connectivity index (χ0) is 80.6. The first-order chi connectivity index (χ1) is 59.3. The second-order valence-electron chi connectivity index (χ2n) is 28.0. The van der Waals surface area contributed by atoms with Gasteiger partial charge in [0.1, 0.15) is 0 Å². The molecule has 19 rings (SSSR count). The summed E-state index contributed by atoms with van der Waals surface area (Å²) in [5.41, 5.74) is 23.3. The maximum Gasteiger partial charge on any atom is 0.164 e. The minimum atomic E-state index is 0.105. The molecule has 0 aliphatic carbocycles. The predicted molar refractivity (Wildman–Crippen MR) is 480 cm³/mol. The van der Waals surface area contributed by atoms with Gasteiger partial charge in [-0.05, 0) is 113 Å². The van der Waals surface area contributed by atoms with E-state index in [0.717, 1.165) is 101 Å². The number of amidine groups is 2. The molecule has 0 saturated heterocycles. The SMILES string of the molecule is N=C(N=C(N=Cc1ccccc1)c1ccc(-c2cc(-c3ccccc3)cc(-c3ccc(-c4cc(-c5ccccc5)nc(-c5ccccc5)n4)cn3)n2)nc1)c1ccccc1.c1ccc(-c2cc(-c3ccc(-c4cc(-c5ccccc5)nc(-c5ccccc5)n4)cn3)nc(-c3cc(-c4nc(-c5ccccc5)nc(-c5ccccc5)n4)ccn3)c2)cc1. The number of nitrogens with one attached hydrogen (secondary N) is 1. The van der Waals surface area contributed by atoms with E-state index in [9.17, 15) is 0 Å². The average Bonchev–Trinajstić information content (AvgIpc) is 0.792. The van der Waals surface area contributed by atoms with Crippen molar-refractivity contribution in [3.8, 4) is 170 Å². The van der Waals surface area contributed by atoms with E-state index in [1.807, 2.05) is 334 Å². The van der Waals surface area contributed by atoms with Gasteiger partial charge >= 0.3 is 0 Å². The van der Waals surface area contributed by atoms with Gasteiger partial charge < -0.3 is 0 Å². The highest BCUT2D eigenvalue weighted by molar-refractivity contribution is 6.13. The lowest BCUT2D eigenvalue weighted by Crippen LogP contribution is -2.05. The summed E-state index contributed by atoms with van der Waals surface area (Å²) in [7, 11) is 0. The van der Waals surface area contributed by atoms with E-state index in [0.29, 0.717) is 91.6 Å². The molecule has 9 aromatic heterocycles. The van der Waals surface area contributed by atoms with Crippen molar-refractivity contribution in [1.29, 1.82) is 5.41 Å². The fourth-order valence-electron chi connectivity index (χ4n) is 13.6. The first-order valence-corrected chi connectivity index (χ1v) is 39.0. The fourth-order valence-corrected chi connectivity index (χ4v) is 13.6. The maximum atomic E-state index is 8.73. The molecule has 0 amide bonds. The van der Waals surface area contributed by atoms with E-state index in [2.05, 4.69) is 71.7 Å². The molecule has 16 heteroatoms. The molecule has 0 radical (unpaired) electrons. The highest BCUT2D eigenvalue weighted by Crippen LogP contribution is 2.36. The molecule has 0 bridgehead atoms. The normalized spacial score (nSPS) is 11.2. The summed E-state index contributed by atoms with van der Waals surface area (Å²) in [6.45, 7) is 0. The molecule has 0 aliphatic heterocycles. The van der Waals surface area contributed by atoms with Crippen LogP contribution in [0.1, 0.15) is 16.7 Å². The van der Waals surface area contributed by atoms with Gasteiger partial charge in [0, 0.05) is 92.2 Å². The number of hydrogen-bond donors (Lipinski definition) is 1. The van der Waals surface area contributed by atoms with E-state index in [-0.39, 0.29) is 5.84 Å². The third kappa shape index (κ3) is 17.6. The largest absolute Gasteiger partial charge is 0.282 e. The van der Waals surface area contributed by atoms with Crippen molar-refractivity contribution in [3.63, 3.8) is 0 Å². The first kappa shape index (κ1) is 74.7. The van der Waals surface area contributed by atoms with Gasteiger partial charge in [0.15, 0.2) is 40.8 Å². The van der Waals surface area contributed by atoms with Crippen LogP contribution in [0.2, 0.25) is 0 Å². The molecule has 0 unspecified atom stereocenters. The maximum absolute atomic E-state index is 8.73. The van der Waals surface area contributed by atoms with Crippen molar-refractivity contribution in [1.82, 2.24) is 64.8 Å². The summed E-state index contributed by atoms with van der Waals surface area (Å²) < 4.78 is 0. The topological polar surface area (TPSA) is 216 Å². The molecule has 19 aromatic rings. The lowest BCUT2D eigenvalue weighted by atomic mass is 10.0. The van der Waals surface area contributed by atoms with Crippen LogP contribution in [0.5, 0.6) is 0 Å². The summed E-state index contributed by atoms with van der Waals surface area (Å²) in [6, 6.07) is 128. The van der Waals surface area contributed by atoms with Gasteiger partial charge in [0.05, 0.1) is 68.3 Å². The minimum Gasteiger partial charge on any atom is -0.282 e. The summed E-state index contributed by atoms with van der Waals surface area (Å²) >= 11 is 0. The Kier molecular flexibility index (Phi) is 22.0. The van der Waals surface area contributed by atoms with Crippen LogP contribution in [0.3, 0.4) is 0 Å². The summed E-state index contributed by atoms with van der Waals surface area (Å²) in [4.78, 5) is 73.9. The highest BCUT2D eigenvalue weighted by Gasteiger charge is 2.20. The van der Waals surface area contributed by atoms with Crippen molar-refractivity contribution in [3.05, 3.63) is 430 Å². The lowest BCUT2D eigenvalue weighted by molar-refractivity contribution is 1.07. The molecular formula is C104H70N16. The van der Waals surface area contributed by atoms with Gasteiger partial charge in [-0.1, -0.05) is 303 Å². The molecule has 16 nitrogen and oxygen atoms in total. The monoisotopic (exact) mass is 1540 g/mol. The number of rotatable bonds is 18. The van der Waals surface area contributed by atoms with E-state index < -0.39 is 0 Å². The molecule has 9 heterocycles. The summed E-state index contributed by atoms with van der Waals surface area (Å²) in [6.07, 6.45) is 8.95. The molecule has 1 N–H and O–H groups in total. The standard InChI is InChI=1S/C52H34N8.C52H36N8/c1-6-16-35(17-7-1)42-31-47(43-27-26-41(34-54-43)45-33-44(36-18-8-2-9-19-36)56-49(57-45)37-20-10-3-11-21-37)55-48(32-42)46-30-40(28-29-53-46)52-59-50(38-22-12-4-13-23-38)58-51(60-52)39-24-14-5-15-25-39;53-50(39-22-12-4-13-23-39)60-51(56-33-36-16-6-1-7-17-36)42-27-29-45(55-35-42)49-31-43(37-18-8-2-9-19-37)30-48(57-49)44-28-26-41(34-54-44)47-32-46(38-20-10-3-11-21-38)58-52(59-47)40-24-14-5-15-25-40/h1-34H;1-35,53H. The second-order valence-corrected chi connectivity index (χ2v) is 28.0. The molecule has 10 aromatic carbocycles. The van der Waals surface area contributed by atoms with Gasteiger partial charge in [0.25, 0.3) is 0 Å².